The van der Waals surface area contributed by atoms with Gasteiger partial charge in [0, 0.05) is 5.41 Å². The SMILES string of the molecule is C=CC(=CC(C)(C)C=C[NH2+]N)C(=O)O. The van der Waals surface area contributed by atoms with E-state index in [9.17, 15) is 4.79 Å². The van der Waals surface area contributed by atoms with E-state index in [1.807, 2.05) is 19.9 Å². The summed E-state index contributed by atoms with van der Waals surface area (Å²) in [7, 11) is 0. The highest BCUT2D eigenvalue weighted by atomic mass is 16.4. The van der Waals surface area contributed by atoms with Gasteiger partial charge in [0.25, 0.3) is 0 Å². The van der Waals surface area contributed by atoms with Crippen molar-refractivity contribution in [3.05, 3.63) is 36.6 Å². The third kappa shape index (κ3) is 4.59. The van der Waals surface area contributed by atoms with Crippen molar-refractivity contribution in [2.24, 2.45) is 11.3 Å². The first kappa shape index (κ1) is 12.6. The number of hydrogen-bond donors (Lipinski definition) is 3. The van der Waals surface area contributed by atoms with E-state index in [0.29, 0.717) is 0 Å². The highest BCUT2D eigenvalue weighted by Crippen LogP contribution is 2.20. The lowest BCUT2D eigenvalue weighted by atomic mass is 9.90. The van der Waals surface area contributed by atoms with Crippen LogP contribution in [-0.4, -0.2) is 11.1 Å². The second-order valence-electron chi connectivity index (χ2n) is 3.48. The van der Waals surface area contributed by atoms with E-state index in [-0.39, 0.29) is 11.0 Å². The standard InChI is InChI=1S/C10H16N2O2/c1-4-8(9(13)14)7-10(2,3)5-6-12-11/h4-7,12H,1,11H2,2-3H3,(H,13,14)/p+1. The van der Waals surface area contributed by atoms with Gasteiger partial charge in [-0.1, -0.05) is 32.6 Å². The Morgan fingerprint density at radius 3 is 2.50 bits per heavy atom. The van der Waals surface area contributed by atoms with Gasteiger partial charge in [0.2, 0.25) is 0 Å². The summed E-state index contributed by atoms with van der Waals surface area (Å²) in [4.78, 5) is 10.7. The molecule has 0 aromatic heterocycles. The molecule has 0 aliphatic heterocycles. The topological polar surface area (TPSA) is 79.9 Å². The molecule has 0 spiro atoms. The van der Waals surface area contributed by atoms with Gasteiger partial charge in [-0.2, -0.15) is 5.84 Å². The first-order valence-corrected chi connectivity index (χ1v) is 4.24. The Kier molecular flexibility index (Phi) is 4.83. The first-order valence-electron chi connectivity index (χ1n) is 4.24. The van der Waals surface area contributed by atoms with Crippen LogP contribution in [0.5, 0.6) is 0 Å². The molecule has 0 radical (unpaired) electrons. The van der Waals surface area contributed by atoms with E-state index in [2.05, 4.69) is 6.58 Å². The largest absolute Gasteiger partial charge is 0.478 e. The van der Waals surface area contributed by atoms with Crippen LogP contribution in [0.2, 0.25) is 0 Å². The molecule has 4 nitrogen and oxygen atoms in total. The van der Waals surface area contributed by atoms with Crippen LogP contribution in [0.4, 0.5) is 0 Å². The minimum atomic E-state index is -0.974. The summed E-state index contributed by atoms with van der Waals surface area (Å²) in [5.41, 5.74) is 1.25. The second-order valence-corrected chi connectivity index (χ2v) is 3.48. The zero-order valence-electron chi connectivity index (χ0n) is 8.53. The number of hydrogen-bond acceptors (Lipinski definition) is 2. The number of nitrogens with two attached hydrogens (primary N) is 2. The van der Waals surface area contributed by atoms with Crippen LogP contribution in [0.25, 0.3) is 0 Å². The second kappa shape index (κ2) is 5.36. The molecule has 0 aliphatic rings. The van der Waals surface area contributed by atoms with Gasteiger partial charge in [-0.05, 0) is 6.08 Å². The van der Waals surface area contributed by atoms with Crippen molar-refractivity contribution in [3.8, 4) is 0 Å². The molecule has 78 valence electrons. The molecule has 0 aromatic rings. The van der Waals surface area contributed by atoms with Crippen LogP contribution in [0.1, 0.15) is 13.8 Å². The molecule has 0 heterocycles. The molecule has 0 aliphatic carbocycles. The highest BCUT2D eigenvalue weighted by Gasteiger charge is 2.14. The van der Waals surface area contributed by atoms with E-state index >= 15 is 0 Å². The summed E-state index contributed by atoms with van der Waals surface area (Å²) in [6.45, 7) is 7.22. The van der Waals surface area contributed by atoms with Crippen LogP contribution < -0.4 is 11.3 Å². The third-order valence-corrected chi connectivity index (χ3v) is 1.63. The summed E-state index contributed by atoms with van der Waals surface area (Å²) in [6.07, 6.45) is 6.45. The van der Waals surface area contributed by atoms with Crippen molar-refractivity contribution in [1.29, 1.82) is 0 Å². The van der Waals surface area contributed by atoms with Crippen LogP contribution in [-0.2, 0) is 4.79 Å². The van der Waals surface area contributed by atoms with Gasteiger partial charge in [0.05, 0.1) is 5.57 Å². The van der Waals surface area contributed by atoms with Crippen molar-refractivity contribution >= 4 is 5.97 Å². The average Bonchev–Trinajstić information content (AvgIpc) is 2.10. The molecule has 0 aromatic carbocycles. The lowest BCUT2D eigenvalue weighted by Crippen LogP contribution is -2.85. The van der Waals surface area contributed by atoms with E-state index in [1.54, 1.807) is 12.3 Å². The van der Waals surface area contributed by atoms with Crippen LogP contribution in [0.3, 0.4) is 0 Å². The average molecular weight is 197 g/mol. The van der Waals surface area contributed by atoms with Gasteiger partial charge in [-0.3, -0.25) is 0 Å². The molecule has 0 amide bonds. The summed E-state index contributed by atoms with van der Waals surface area (Å²) in [6, 6.07) is 0. The normalized spacial score (nSPS) is 13.2. The number of carboxylic acid groups (broad SMARTS) is 1. The molecule has 0 saturated carbocycles. The Hall–Kier alpha value is -1.39. The molecule has 5 N–H and O–H groups in total. The molecule has 0 fully saturated rings. The van der Waals surface area contributed by atoms with E-state index < -0.39 is 5.97 Å². The van der Waals surface area contributed by atoms with E-state index in [4.69, 9.17) is 10.9 Å². The lowest BCUT2D eigenvalue weighted by molar-refractivity contribution is -0.601. The quantitative estimate of drug-likeness (QED) is 0.254. The van der Waals surface area contributed by atoms with Gasteiger partial charge in [0.15, 0.2) is 0 Å². The highest BCUT2D eigenvalue weighted by molar-refractivity contribution is 5.89. The molecule has 0 unspecified atom stereocenters. The molecule has 0 bridgehead atoms. The summed E-state index contributed by atoms with van der Waals surface area (Å²) < 4.78 is 0. The van der Waals surface area contributed by atoms with Crippen molar-refractivity contribution in [2.75, 3.05) is 0 Å². The van der Waals surface area contributed by atoms with E-state index in [0.717, 1.165) is 0 Å². The maximum absolute atomic E-state index is 10.7. The minimum Gasteiger partial charge on any atom is -0.478 e. The van der Waals surface area contributed by atoms with Gasteiger partial charge in [-0.15, -0.1) is 0 Å². The van der Waals surface area contributed by atoms with Crippen molar-refractivity contribution in [2.45, 2.75) is 13.8 Å². The monoisotopic (exact) mass is 197 g/mol. The predicted molar refractivity (Wildman–Crippen MR) is 54.9 cm³/mol. The number of aliphatic carboxylic acids is 1. The Morgan fingerprint density at radius 1 is 1.57 bits per heavy atom. The van der Waals surface area contributed by atoms with Gasteiger partial charge < -0.3 is 5.11 Å². The Morgan fingerprint density at radius 2 is 2.14 bits per heavy atom. The Labute approximate surface area is 83.8 Å². The maximum Gasteiger partial charge on any atom is 0.335 e. The fraction of sp³-hybridized carbons (Fsp3) is 0.300. The number of carbonyl (C=O) groups is 1. The molecular weight excluding hydrogens is 180 g/mol. The fourth-order valence-electron chi connectivity index (χ4n) is 0.960. The van der Waals surface area contributed by atoms with Gasteiger partial charge >= 0.3 is 5.97 Å². The van der Waals surface area contributed by atoms with Crippen molar-refractivity contribution in [3.63, 3.8) is 0 Å². The molecule has 0 rings (SSSR count). The summed E-state index contributed by atoms with van der Waals surface area (Å²) in [5.74, 6) is 4.22. The Bertz CT molecular complexity index is 278. The van der Waals surface area contributed by atoms with Crippen molar-refractivity contribution < 1.29 is 15.3 Å². The molecule has 0 atom stereocenters. The smallest absolute Gasteiger partial charge is 0.335 e. The number of carboxylic acids is 1. The van der Waals surface area contributed by atoms with Crippen LogP contribution in [0, 0.1) is 5.41 Å². The summed E-state index contributed by atoms with van der Waals surface area (Å²) in [5, 5.41) is 8.77. The zero-order valence-corrected chi connectivity index (χ0v) is 8.53. The predicted octanol–water partition coefficient (Wildman–Crippen LogP) is 0.160. The number of quaternary nitrogens is 1. The molecular formula is C10H17N2O2+. The zero-order chi connectivity index (χ0) is 11.2. The molecule has 14 heavy (non-hydrogen) atoms. The minimum absolute atomic E-state index is 0.191. The Balaban J connectivity index is 4.82. The number of allylic oxidation sites excluding steroid dienone is 2. The van der Waals surface area contributed by atoms with Crippen LogP contribution in [0.15, 0.2) is 36.6 Å². The molecule has 4 heteroatoms. The summed E-state index contributed by atoms with van der Waals surface area (Å²) >= 11 is 0. The third-order valence-electron chi connectivity index (χ3n) is 1.63. The lowest BCUT2D eigenvalue weighted by Gasteiger charge is -2.14. The first-order chi connectivity index (χ1) is 6.43. The van der Waals surface area contributed by atoms with Crippen molar-refractivity contribution in [1.82, 2.24) is 0 Å². The van der Waals surface area contributed by atoms with Gasteiger partial charge in [0.1, 0.15) is 6.20 Å². The fourth-order valence-corrected chi connectivity index (χ4v) is 0.960. The maximum atomic E-state index is 10.7. The molecule has 0 saturated heterocycles. The number of rotatable bonds is 5. The van der Waals surface area contributed by atoms with E-state index in [1.165, 1.54) is 11.5 Å². The van der Waals surface area contributed by atoms with Gasteiger partial charge in [-0.25, -0.2) is 10.2 Å². The van der Waals surface area contributed by atoms with Crippen LogP contribution >= 0.6 is 0 Å².